The summed E-state index contributed by atoms with van der Waals surface area (Å²) in [6, 6.07) is 6.38. The van der Waals surface area contributed by atoms with Crippen molar-refractivity contribution in [2.45, 2.75) is 32.2 Å². The maximum atomic E-state index is 12.1. The van der Waals surface area contributed by atoms with E-state index in [2.05, 4.69) is 35.4 Å². The zero-order chi connectivity index (χ0) is 15.5. The molecular formula is C18H22N2O2. The van der Waals surface area contributed by atoms with Crippen molar-refractivity contribution < 1.29 is 9.90 Å². The molecule has 116 valence electrons. The number of rotatable bonds is 5. The summed E-state index contributed by atoms with van der Waals surface area (Å²) in [6.45, 7) is 2.23. The fourth-order valence-corrected chi connectivity index (χ4v) is 3.04. The average Bonchev–Trinajstić information content (AvgIpc) is 3.11. The van der Waals surface area contributed by atoms with Crippen LogP contribution in [0.25, 0.3) is 10.9 Å². The van der Waals surface area contributed by atoms with E-state index in [0.29, 0.717) is 6.42 Å². The number of aromatic amines is 1. The van der Waals surface area contributed by atoms with Gasteiger partial charge >= 0.3 is 0 Å². The highest BCUT2D eigenvalue weighted by Gasteiger charge is 2.19. The molecular weight excluding hydrogens is 276 g/mol. The topological polar surface area (TPSA) is 65.1 Å². The summed E-state index contributed by atoms with van der Waals surface area (Å²) >= 11 is 0. The second-order valence-electron chi connectivity index (χ2n) is 6.10. The second kappa shape index (κ2) is 6.36. The lowest BCUT2D eigenvalue weighted by Crippen LogP contribution is -2.33. The number of hydrogen-bond donors (Lipinski definition) is 3. The van der Waals surface area contributed by atoms with Gasteiger partial charge in [0.25, 0.3) is 0 Å². The molecule has 0 aliphatic heterocycles. The van der Waals surface area contributed by atoms with Crippen LogP contribution in [0.4, 0.5) is 0 Å². The van der Waals surface area contributed by atoms with Gasteiger partial charge in [0.15, 0.2) is 0 Å². The first kappa shape index (κ1) is 14.9. The molecule has 1 amide bonds. The van der Waals surface area contributed by atoms with Crippen LogP contribution in [-0.4, -0.2) is 28.6 Å². The molecule has 1 heterocycles. The molecule has 0 radical (unpaired) electrons. The van der Waals surface area contributed by atoms with Crippen LogP contribution in [-0.2, 0) is 11.2 Å². The molecule has 1 aliphatic carbocycles. The van der Waals surface area contributed by atoms with Crippen LogP contribution in [0.5, 0.6) is 0 Å². The lowest BCUT2D eigenvalue weighted by atomic mass is 10.1. The van der Waals surface area contributed by atoms with Crippen LogP contribution in [0, 0.1) is 12.8 Å². The molecule has 1 aliphatic rings. The third-order valence-electron chi connectivity index (χ3n) is 4.30. The van der Waals surface area contributed by atoms with Crippen molar-refractivity contribution in [3.8, 4) is 0 Å². The Morgan fingerprint density at radius 2 is 2.27 bits per heavy atom. The Hall–Kier alpha value is -2.07. The number of nitrogens with one attached hydrogen (secondary N) is 2. The fourth-order valence-electron chi connectivity index (χ4n) is 3.04. The SMILES string of the molecule is Cc1ccc2[nH]cc(CCC(=O)N[C@@H]3C=C[C@H](CO)C3)c2c1. The molecule has 0 bridgehead atoms. The number of H-pyrrole nitrogens is 1. The van der Waals surface area contributed by atoms with Gasteiger partial charge in [-0.2, -0.15) is 0 Å². The van der Waals surface area contributed by atoms with Crippen LogP contribution in [0.1, 0.15) is 24.0 Å². The van der Waals surface area contributed by atoms with E-state index in [-0.39, 0.29) is 24.5 Å². The van der Waals surface area contributed by atoms with Crippen molar-refractivity contribution in [2.24, 2.45) is 5.92 Å². The van der Waals surface area contributed by atoms with Gasteiger partial charge in [-0.05, 0) is 37.5 Å². The zero-order valence-electron chi connectivity index (χ0n) is 12.8. The molecule has 2 aromatic rings. The van der Waals surface area contributed by atoms with E-state index >= 15 is 0 Å². The Labute approximate surface area is 130 Å². The minimum Gasteiger partial charge on any atom is -0.396 e. The summed E-state index contributed by atoms with van der Waals surface area (Å²) < 4.78 is 0. The average molecular weight is 298 g/mol. The van der Waals surface area contributed by atoms with E-state index in [1.807, 2.05) is 18.3 Å². The molecule has 4 nitrogen and oxygen atoms in total. The van der Waals surface area contributed by atoms with Crippen LogP contribution in [0.15, 0.2) is 36.5 Å². The largest absolute Gasteiger partial charge is 0.396 e. The normalized spacial score (nSPS) is 20.6. The highest BCUT2D eigenvalue weighted by molar-refractivity contribution is 5.85. The molecule has 0 saturated heterocycles. The minimum absolute atomic E-state index is 0.0647. The van der Waals surface area contributed by atoms with Crippen LogP contribution < -0.4 is 5.32 Å². The van der Waals surface area contributed by atoms with Crippen molar-refractivity contribution in [1.82, 2.24) is 10.3 Å². The number of aryl methyl sites for hydroxylation is 2. The number of aromatic nitrogens is 1. The maximum absolute atomic E-state index is 12.1. The van der Waals surface area contributed by atoms with E-state index in [4.69, 9.17) is 5.11 Å². The number of hydrogen-bond acceptors (Lipinski definition) is 2. The number of aliphatic hydroxyl groups is 1. The summed E-state index contributed by atoms with van der Waals surface area (Å²) in [5.74, 6) is 0.247. The monoisotopic (exact) mass is 298 g/mol. The first-order valence-electron chi connectivity index (χ1n) is 7.81. The first-order chi connectivity index (χ1) is 10.7. The van der Waals surface area contributed by atoms with Gasteiger partial charge in [0, 0.05) is 42.1 Å². The van der Waals surface area contributed by atoms with E-state index in [0.717, 1.165) is 18.4 Å². The van der Waals surface area contributed by atoms with E-state index in [1.54, 1.807) is 0 Å². The Morgan fingerprint density at radius 3 is 3.05 bits per heavy atom. The quantitative estimate of drug-likeness (QED) is 0.742. The van der Waals surface area contributed by atoms with Crippen LogP contribution in [0.2, 0.25) is 0 Å². The fraction of sp³-hybridized carbons (Fsp3) is 0.389. The molecule has 0 fully saturated rings. The van der Waals surface area contributed by atoms with Crippen LogP contribution >= 0.6 is 0 Å². The summed E-state index contributed by atoms with van der Waals surface area (Å²) in [6.07, 6.45) is 7.97. The lowest BCUT2D eigenvalue weighted by molar-refractivity contribution is -0.121. The molecule has 3 N–H and O–H groups in total. The highest BCUT2D eigenvalue weighted by atomic mass is 16.3. The number of carbonyl (C=O) groups excluding carboxylic acids is 1. The predicted molar refractivity (Wildman–Crippen MR) is 87.6 cm³/mol. The minimum atomic E-state index is 0.0647. The summed E-state index contributed by atoms with van der Waals surface area (Å²) in [5, 5.41) is 13.3. The van der Waals surface area contributed by atoms with Crippen LogP contribution in [0.3, 0.4) is 0 Å². The molecule has 0 spiro atoms. The van der Waals surface area contributed by atoms with Gasteiger partial charge in [-0.3, -0.25) is 4.79 Å². The molecule has 4 heteroatoms. The zero-order valence-corrected chi connectivity index (χ0v) is 12.8. The molecule has 1 aromatic heterocycles. The van der Waals surface area contributed by atoms with Gasteiger partial charge < -0.3 is 15.4 Å². The second-order valence-corrected chi connectivity index (χ2v) is 6.10. The molecule has 0 saturated carbocycles. The van der Waals surface area contributed by atoms with Gasteiger partial charge in [0.2, 0.25) is 5.91 Å². The first-order valence-corrected chi connectivity index (χ1v) is 7.81. The molecule has 1 aromatic carbocycles. The van der Waals surface area contributed by atoms with Gasteiger partial charge in [-0.15, -0.1) is 0 Å². The number of benzene rings is 1. The van der Waals surface area contributed by atoms with Crippen molar-refractivity contribution in [3.63, 3.8) is 0 Å². The predicted octanol–water partition coefficient (Wildman–Crippen LogP) is 2.46. The number of aliphatic hydroxyl groups excluding tert-OH is 1. The van der Waals surface area contributed by atoms with Gasteiger partial charge in [0.05, 0.1) is 0 Å². The van der Waals surface area contributed by atoms with Gasteiger partial charge in [0.1, 0.15) is 0 Å². The Kier molecular flexibility index (Phi) is 4.29. The maximum Gasteiger partial charge on any atom is 0.220 e. The van der Waals surface area contributed by atoms with Crippen molar-refractivity contribution in [2.75, 3.05) is 6.61 Å². The van der Waals surface area contributed by atoms with Crippen molar-refractivity contribution in [1.29, 1.82) is 0 Å². The lowest BCUT2D eigenvalue weighted by Gasteiger charge is -2.12. The highest BCUT2D eigenvalue weighted by Crippen LogP contribution is 2.21. The Balaban J connectivity index is 1.56. The van der Waals surface area contributed by atoms with E-state index in [1.165, 1.54) is 16.5 Å². The standard InChI is InChI=1S/C18H22N2O2/c1-12-2-6-17-16(8-12)14(10-19-17)4-7-18(22)20-15-5-3-13(9-15)11-21/h2-3,5-6,8,10,13,15,19,21H,4,7,9,11H2,1H3,(H,20,22)/t13-,15+/m0/s1. The Bertz CT molecular complexity index is 702. The third kappa shape index (κ3) is 3.22. The molecule has 3 rings (SSSR count). The van der Waals surface area contributed by atoms with Gasteiger partial charge in [-0.25, -0.2) is 0 Å². The molecule has 22 heavy (non-hydrogen) atoms. The number of amides is 1. The van der Waals surface area contributed by atoms with E-state index in [9.17, 15) is 4.79 Å². The third-order valence-corrected chi connectivity index (χ3v) is 4.30. The molecule has 0 unspecified atom stereocenters. The van der Waals surface area contributed by atoms with Crippen molar-refractivity contribution >= 4 is 16.8 Å². The number of fused-ring (bicyclic) bond motifs is 1. The summed E-state index contributed by atoms with van der Waals surface area (Å²) in [4.78, 5) is 15.3. The van der Waals surface area contributed by atoms with Crippen molar-refractivity contribution in [3.05, 3.63) is 47.7 Å². The summed E-state index contributed by atoms with van der Waals surface area (Å²) in [5.41, 5.74) is 3.53. The Morgan fingerprint density at radius 1 is 1.41 bits per heavy atom. The summed E-state index contributed by atoms with van der Waals surface area (Å²) in [7, 11) is 0. The van der Waals surface area contributed by atoms with Gasteiger partial charge in [-0.1, -0.05) is 23.8 Å². The molecule has 2 atom stereocenters. The van der Waals surface area contributed by atoms with E-state index < -0.39 is 0 Å². The number of carbonyl (C=O) groups is 1. The smallest absolute Gasteiger partial charge is 0.220 e.